The fourth-order valence-corrected chi connectivity index (χ4v) is 4.51. The first-order valence-corrected chi connectivity index (χ1v) is 8.68. The van der Waals surface area contributed by atoms with Gasteiger partial charge in [-0.2, -0.15) is 0 Å². The van der Waals surface area contributed by atoms with Crippen LogP contribution < -0.4 is 10.0 Å². The summed E-state index contributed by atoms with van der Waals surface area (Å²) in [6.07, 6.45) is 0. The van der Waals surface area contributed by atoms with Crippen molar-refractivity contribution in [2.45, 2.75) is 63.9 Å². The first-order chi connectivity index (χ1) is 8.51. The van der Waals surface area contributed by atoms with E-state index in [0.717, 1.165) is 10.4 Å². The summed E-state index contributed by atoms with van der Waals surface area (Å²) in [5, 5.41) is 3.31. The zero-order valence-electron chi connectivity index (χ0n) is 12.5. The molecule has 0 atom stereocenters. The van der Waals surface area contributed by atoms with Crippen molar-refractivity contribution in [3.63, 3.8) is 0 Å². The normalized spacial score (nSPS) is 13.2. The summed E-state index contributed by atoms with van der Waals surface area (Å²) in [5.41, 5.74) is 0.556. The molecule has 4 nitrogen and oxygen atoms in total. The molecule has 0 aliphatic rings. The number of sulfonamides is 1. The van der Waals surface area contributed by atoms with Gasteiger partial charge < -0.3 is 5.32 Å². The van der Waals surface area contributed by atoms with Crippen molar-refractivity contribution >= 4 is 21.4 Å². The Morgan fingerprint density at radius 2 is 1.89 bits per heavy atom. The molecule has 0 aliphatic carbocycles. The largest absolute Gasteiger partial charge is 0.310 e. The number of rotatable bonds is 5. The first-order valence-electron chi connectivity index (χ1n) is 6.38. The van der Waals surface area contributed by atoms with Crippen LogP contribution in [0.3, 0.4) is 0 Å². The van der Waals surface area contributed by atoms with E-state index >= 15 is 0 Å². The van der Waals surface area contributed by atoms with Gasteiger partial charge in [0.15, 0.2) is 0 Å². The van der Waals surface area contributed by atoms with Gasteiger partial charge in [-0.05, 0) is 39.3 Å². The lowest BCUT2D eigenvalue weighted by Crippen LogP contribution is -2.40. The molecule has 1 aromatic rings. The highest BCUT2D eigenvalue weighted by Gasteiger charge is 2.24. The molecule has 0 spiro atoms. The van der Waals surface area contributed by atoms with Crippen molar-refractivity contribution in [2.75, 3.05) is 0 Å². The third-order valence-electron chi connectivity index (χ3n) is 2.37. The minimum absolute atomic E-state index is 0.384. The summed E-state index contributed by atoms with van der Waals surface area (Å²) < 4.78 is 27.5. The highest BCUT2D eigenvalue weighted by atomic mass is 32.2. The van der Waals surface area contributed by atoms with E-state index in [9.17, 15) is 8.42 Å². The monoisotopic (exact) mass is 304 g/mol. The average molecular weight is 304 g/mol. The molecule has 1 rings (SSSR count). The topological polar surface area (TPSA) is 58.2 Å². The molecule has 0 bridgehead atoms. The number of thiophene rings is 1. The van der Waals surface area contributed by atoms with Crippen molar-refractivity contribution in [1.29, 1.82) is 0 Å². The van der Waals surface area contributed by atoms with Crippen LogP contribution in [0.1, 0.15) is 45.1 Å². The molecule has 6 heteroatoms. The van der Waals surface area contributed by atoms with Crippen LogP contribution in [0.4, 0.5) is 0 Å². The third kappa shape index (κ3) is 5.22. The van der Waals surface area contributed by atoms with E-state index in [1.165, 1.54) is 11.3 Å². The van der Waals surface area contributed by atoms with Gasteiger partial charge in [0.25, 0.3) is 10.0 Å². The zero-order valence-corrected chi connectivity index (χ0v) is 14.1. The highest BCUT2D eigenvalue weighted by Crippen LogP contribution is 2.26. The van der Waals surface area contributed by atoms with E-state index < -0.39 is 15.6 Å². The fraction of sp³-hybridized carbons (Fsp3) is 0.692. The quantitative estimate of drug-likeness (QED) is 0.879. The fourth-order valence-electron chi connectivity index (χ4n) is 1.55. The Bertz CT molecular complexity index is 525. The molecule has 1 aromatic heterocycles. The van der Waals surface area contributed by atoms with E-state index in [-0.39, 0.29) is 0 Å². The van der Waals surface area contributed by atoms with Crippen molar-refractivity contribution < 1.29 is 8.42 Å². The van der Waals surface area contributed by atoms with E-state index in [2.05, 4.69) is 23.9 Å². The SMILES string of the molecule is Cc1cc(S(=O)(=O)NC(C)(C)C)sc1CNC(C)C. The van der Waals surface area contributed by atoms with Crippen molar-refractivity contribution in [3.8, 4) is 0 Å². The average Bonchev–Trinajstić information content (AvgIpc) is 2.54. The Hall–Kier alpha value is -0.430. The van der Waals surface area contributed by atoms with Crippen LogP contribution >= 0.6 is 11.3 Å². The summed E-state index contributed by atoms with van der Waals surface area (Å²) in [6.45, 7) is 12.3. The third-order valence-corrected chi connectivity index (χ3v) is 5.84. The summed E-state index contributed by atoms with van der Waals surface area (Å²) >= 11 is 1.34. The zero-order chi connectivity index (χ0) is 14.8. The lowest BCUT2D eigenvalue weighted by Gasteiger charge is -2.19. The standard InChI is InChI=1S/C13H24N2O2S2/c1-9(2)14-8-11-10(3)7-12(18-11)19(16,17)15-13(4,5)6/h7,9,14-15H,8H2,1-6H3. The van der Waals surface area contributed by atoms with Crippen LogP contribution in [0.2, 0.25) is 0 Å². The molecule has 0 aliphatic heterocycles. The van der Waals surface area contributed by atoms with Gasteiger partial charge >= 0.3 is 0 Å². The van der Waals surface area contributed by atoms with Crippen LogP contribution in [-0.2, 0) is 16.6 Å². The Balaban J connectivity index is 2.94. The molecule has 0 aromatic carbocycles. The predicted molar refractivity (Wildman–Crippen MR) is 81.1 cm³/mol. The molecule has 0 saturated carbocycles. The molecule has 2 N–H and O–H groups in total. The van der Waals surface area contributed by atoms with Gasteiger partial charge in [0.2, 0.25) is 0 Å². The molecule has 0 fully saturated rings. The van der Waals surface area contributed by atoms with Crippen LogP contribution in [0.5, 0.6) is 0 Å². The molecule has 0 saturated heterocycles. The Morgan fingerprint density at radius 1 is 1.32 bits per heavy atom. The lowest BCUT2D eigenvalue weighted by molar-refractivity contribution is 0.492. The maximum Gasteiger partial charge on any atom is 0.250 e. The van der Waals surface area contributed by atoms with Crippen molar-refractivity contribution in [2.24, 2.45) is 0 Å². The highest BCUT2D eigenvalue weighted by molar-refractivity contribution is 7.91. The summed E-state index contributed by atoms with van der Waals surface area (Å²) in [5.74, 6) is 0. The maximum atomic E-state index is 12.2. The molecule has 0 radical (unpaired) electrons. The van der Waals surface area contributed by atoms with Crippen molar-refractivity contribution in [3.05, 3.63) is 16.5 Å². The van der Waals surface area contributed by atoms with Gasteiger partial charge in [-0.25, -0.2) is 13.1 Å². The van der Waals surface area contributed by atoms with Gasteiger partial charge in [-0.3, -0.25) is 0 Å². The lowest BCUT2D eigenvalue weighted by atomic mass is 10.1. The van der Waals surface area contributed by atoms with Crippen LogP contribution in [0.15, 0.2) is 10.3 Å². The Kier molecular flexibility index (Phi) is 5.17. The van der Waals surface area contributed by atoms with Crippen LogP contribution in [-0.4, -0.2) is 20.0 Å². The van der Waals surface area contributed by atoms with Crippen LogP contribution in [0.25, 0.3) is 0 Å². The molecular formula is C13H24N2O2S2. The summed E-state index contributed by atoms with van der Waals surface area (Å²) in [6, 6.07) is 2.13. The van der Waals surface area contributed by atoms with Crippen molar-refractivity contribution in [1.82, 2.24) is 10.0 Å². The van der Waals surface area contributed by atoms with E-state index in [4.69, 9.17) is 0 Å². The second-order valence-electron chi connectivity index (χ2n) is 6.06. The number of aryl methyl sites for hydroxylation is 1. The maximum absolute atomic E-state index is 12.2. The van der Waals surface area contributed by atoms with E-state index in [1.54, 1.807) is 6.07 Å². The summed E-state index contributed by atoms with van der Waals surface area (Å²) in [4.78, 5) is 1.07. The van der Waals surface area contributed by atoms with Gasteiger partial charge in [0.05, 0.1) is 0 Å². The number of hydrogen-bond donors (Lipinski definition) is 2. The Labute approximate surface area is 120 Å². The van der Waals surface area contributed by atoms with E-state index in [0.29, 0.717) is 16.8 Å². The number of hydrogen-bond acceptors (Lipinski definition) is 4. The van der Waals surface area contributed by atoms with Gasteiger partial charge in [0.1, 0.15) is 4.21 Å². The minimum Gasteiger partial charge on any atom is -0.310 e. The van der Waals surface area contributed by atoms with E-state index in [1.807, 2.05) is 27.7 Å². The molecule has 110 valence electrons. The molecule has 0 amide bonds. The second kappa shape index (κ2) is 5.91. The molecule has 19 heavy (non-hydrogen) atoms. The van der Waals surface area contributed by atoms with Gasteiger partial charge in [0, 0.05) is 23.0 Å². The van der Waals surface area contributed by atoms with Gasteiger partial charge in [-0.15, -0.1) is 11.3 Å². The predicted octanol–water partition coefficient (Wildman–Crippen LogP) is 2.63. The first kappa shape index (κ1) is 16.6. The smallest absolute Gasteiger partial charge is 0.250 e. The minimum atomic E-state index is -3.42. The van der Waals surface area contributed by atoms with Gasteiger partial charge in [-0.1, -0.05) is 13.8 Å². The molecule has 1 heterocycles. The summed E-state index contributed by atoms with van der Waals surface area (Å²) in [7, 11) is -3.42. The molecule has 0 unspecified atom stereocenters. The molecular weight excluding hydrogens is 280 g/mol. The Morgan fingerprint density at radius 3 is 2.37 bits per heavy atom. The number of nitrogens with one attached hydrogen (secondary N) is 2. The second-order valence-corrected chi connectivity index (χ2v) is 9.11. The van der Waals surface area contributed by atoms with Crippen LogP contribution in [0, 0.1) is 6.92 Å².